The largest absolute Gasteiger partial charge is 0.496 e. The summed E-state index contributed by atoms with van der Waals surface area (Å²) in [5.74, 6) is 0.340. The monoisotopic (exact) mass is 446 g/mol. The Balaban J connectivity index is 2.44. The fourth-order valence-electron chi connectivity index (χ4n) is 1.61. The van der Waals surface area contributed by atoms with Gasteiger partial charge in [0.1, 0.15) is 5.75 Å². The first-order chi connectivity index (χ1) is 8.80. The summed E-state index contributed by atoms with van der Waals surface area (Å²) >= 11 is 5.29. The molecule has 1 aromatic rings. The average Bonchev–Trinajstić information content (AvgIpc) is 3.09. The van der Waals surface area contributed by atoms with Crippen molar-refractivity contribution in [2.75, 3.05) is 7.11 Å². The van der Waals surface area contributed by atoms with E-state index in [4.69, 9.17) is 4.74 Å². The second-order valence-electron chi connectivity index (χ2n) is 3.76. The van der Waals surface area contributed by atoms with Crippen LogP contribution in [0.3, 0.4) is 0 Å². The third kappa shape index (κ3) is 2.78. The number of rotatable bonds is 3. The third-order valence-electron chi connectivity index (χ3n) is 2.60. The maximum Gasteiger partial charge on any atom is 0.442 e. The van der Waals surface area contributed by atoms with Crippen LogP contribution in [-0.2, 0) is 5.66 Å². The van der Waals surface area contributed by atoms with E-state index in [0.717, 1.165) is 2.49 Å². The highest BCUT2D eigenvalue weighted by molar-refractivity contribution is 14.1. The van der Waals surface area contributed by atoms with E-state index in [9.17, 15) is 13.2 Å². The second kappa shape index (κ2) is 5.04. The van der Waals surface area contributed by atoms with Crippen molar-refractivity contribution in [3.63, 3.8) is 0 Å². The van der Waals surface area contributed by atoms with Gasteiger partial charge in [0.25, 0.3) is 0 Å². The van der Waals surface area contributed by atoms with Gasteiger partial charge in [-0.25, -0.2) is 0 Å². The van der Waals surface area contributed by atoms with Gasteiger partial charge in [-0.2, -0.15) is 13.2 Å². The minimum absolute atomic E-state index is 0.0430. The van der Waals surface area contributed by atoms with Crippen molar-refractivity contribution in [1.82, 2.24) is 0 Å². The summed E-state index contributed by atoms with van der Waals surface area (Å²) in [7, 11) is 1.40. The van der Waals surface area contributed by atoms with Crippen LogP contribution in [0, 0.1) is 0 Å². The van der Waals surface area contributed by atoms with Crippen molar-refractivity contribution in [2.45, 2.75) is 11.8 Å². The molecule has 19 heavy (non-hydrogen) atoms. The maximum atomic E-state index is 12.9. The predicted octanol–water partition coefficient (Wildman–Crippen LogP) is 5.00. The van der Waals surface area contributed by atoms with Crippen LogP contribution in [0.5, 0.6) is 5.75 Å². The van der Waals surface area contributed by atoms with Crippen molar-refractivity contribution in [2.24, 2.45) is 10.2 Å². The Kier molecular flexibility index (Phi) is 3.92. The molecule has 8 heteroatoms. The van der Waals surface area contributed by atoms with Crippen LogP contribution in [0.1, 0.15) is 11.1 Å². The zero-order valence-corrected chi connectivity index (χ0v) is 13.2. The average molecular weight is 447 g/mol. The number of methoxy groups -OCH3 is 1. The van der Waals surface area contributed by atoms with Crippen molar-refractivity contribution in [1.29, 1.82) is 0 Å². The third-order valence-corrected chi connectivity index (χ3v) is 3.14. The fourth-order valence-corrected chi connectivity index (χ4v) is 2.19. The Bertz CT molecular complexity index is 562. The van der Waals surface area contributed by atoms with Gasteiger partial charge in [0, 0.05) is 11.1 Å². The molecule has 0 atom stereocenters. The lowest BCUT2D eigenvalue weighted by molar-refractivity contribution is -0.166. The van der Waals surface area contributed by atoms with Crippen molar-refractivity contribution >= 4 is 44.6 Å². The predicted molar refractivity (Wildman–Crippen MR) is 76.5 cm³/mol. The van der Waals surface area contributed by atoms with Gasteiger partial charge in [-0.05, 0) is 50.7 Å². The van der Waals surface area contributed by atoms with E-state index in [1.54, 1.807) is 12.1 Å². The number of hydrogen-bond acceptors (Lipinski definition) is 3. The summed E-state index contributed by atoms with van der Waals surface area (Å²) in [5, 5.41) is 6.32. The molecular formula is C11H7BrF3IN2O. The number of hydrogen-bond donors (Lipinski definition) is 0. The number of halogens is 5. The van der Waals surface area contributed by atoms with E-state index in [2.05, 4.69) is 26.2 Å². The number of benzene rings is 1. The summed E-state index contributed by atoms with van der Waals surface area (Å²) in [6.45, 7) is 0. The van der Waals surface area contributed by atoms with Crippen LogP contribution in [0.15, 0.2) is 30.9 Å². The van der Waals surface area contributed by atoms with Crippen LogP contribution in [0.4, 0.5) is 13.2 Å². The first-order valence-electron chi connectivity index (χ1n) is 5.02. The number of ether oxygens (including phenoxy) is 1. The van der Waals surface area contributed by atoms with Gasteiger partial charge in [-0.3, -0.25) is 0 Å². The van der Waals surface area contributed by atoms with Crippen molar-refractivity contribution in [3.05, 3.63) is 31.8 Å². The van der Waals surface area contributed by atoms with Gasteiger partial charge in [0.2, 0.25) is 0 Å². The first kappa shape index (κ1) is 14.8. The van der Waals surface area contributed by atoms with E-state index in [1.807, 2.05) is 22.6 Å². The maximum absolute atomic E-state index is 12.9. The molecule has 0 spiro atoms. The summed E-state index contributed by atoms with van der Waals surface area (Å²) in [6, 6.07) is 4.21. The van der Waals surface area contributed by atoms with Gasteiger partial charge in [-0.1, -0.05) is 12.1 Å². The SMILES string of the molecule is COc1cc(C2(C(F)(F)F)N=N2)ccc1/C=C(\Br)I. The Morgan fingerprint density at radius 3 is 2.47 bits per heavy atom. The minimum atomic E-state index is -4.53. The Morgan fingerprint density at radius 2 is 2.05 bits per heavy atom. The summed E-state index contributed by atoms with van der Waals surface area (Å²) < 4.78 is 44.5. The highest BCUT2D eigenvalue weighted by atomic mass is 127. The van der Waals surface area contributed by atoms with Gasteiger partial charge < -0.3 is 4.74 Å². The lowest BCUT2D eigenvalue weighted by Crippen LogP contribution is -2.30. The molecule has 0 radical (unpaired) electrons. The van der Waals surface area contributed by atoms with Crippen LogP contribution in [0.2, 0.25) is 0 Å². The van der Waals surface area contributed by atoms with Crippen molar-refractivity contribution in [3.8, 4) is 5.75 Å². The molecule has 1 aliphatic heterocycles. The molecule has 0 aliphatic carbocycles. The molecule has 1 heterocycles. The number of nitrogens with zero attached hydrogens (tertiary/aromatic N) is 2. The second-order valence-corrected chi connectivity index (χ2v) is 7.26. The zero-order chi connectivity index (χ0) is 14.3. The summed E-state index contributed by atoms with van der Waals surface area (Å²) in [6.07, 6.45) is -2.79. The van der Waals surface area contributed by atoms with Gasteiger partial charge in [0.05, 0.1) is 9.60 Å². The van der Waals surface area contributed by atoms with E-state index in [-0.39, 0.29) is 5.56 Å². The number of alkyl halides is 3. The Hall–Kier alpha value is -0.640. The van der Waals surface area contributed by atoms with Gasteiger partial charge in [-0.15, -0.1) is 10.2 Å². The summed E-state index contributed by atoms with van der Waals surface area (Å²) in [5.41, 5.74) is -1.78. The van der Waals surface area contributed by atoms with Crippen LogP contribution >= 0.6 is 38.5 Å². The molecule has 0 unspecified atom stereocenters. The molecule has 1 aromatic carbocycles. The van der Waals surface area contributed by atoms with Crippen molar-refractivity contribution < 1.29 is 17.9 Å². The molecule has 102 valence electrons. The Labute approximate surface area is 129 Å². The quantitative estimate of drug-likeness (QED) is 0.601. The first-order valence-corrected chi connectivity index (χ1v) is 6.89. The van der Waals surface area contributed by atoms with E-state index in [1.165, 1.54) is 19.2 Å². The lowest BCUT2D eigenvalue weighted by Gasteiger charge is -2.16. The van der Waals surface area contributed by atoms with Gasteiger partial charge >= 0.3 is 11.8 Å². The molecule has 0 bridgehead atoms. The standard InChI is InChI=1S/C11H7BrF3IN2O/c1-19-8-5-7(3-2-6(8)4-9(12)16)10(17-18-10)11(13,14)15/h2-5H,1H3/b9-4+. The van der Waals surface area contributed by atoms with Crippen LogP contribution < -0.4 is 4.74 Å². The lowest BCUT2D eigenvalue weighted by atomic mass is 10.0. The highest BCUT2D eigenvalue weighted by Gasteiger charge is 2.65. The molecule has 3 nitrogen and oxygen atoms in total. The van der Waals surface area contributed by atoms with E-state index in [0.29, 0.717) is 11.3 Å². The van der Waals surface area contributed by atoms with Gasteiger partial charge in [0.15, 0.2) is 0 Å². The topological polar surface area (TPSA) is 34.0 Å². The molecule has 2 rings (SSSR count). The fraction of sp³-hybridized carbons (Fsp3) is 0.273. The normalized spacial score (nSPS) is 17.5. The highest BCUT2D eigenvalue weighted by Crippen LogP contribution is 2.53. The summed E-state index contributed by atoms with van der Waals surface area (Å²) in [4.78, 5) is 0. The molecule has 1 aliphatic rings. The van der Waals surface area contributed by atoms with E-state index >= 15 is 0 Å². The molecule has 0 N–H and O–H groups in total. The Morgan fingerprint density at radius 1 is 1.42 bits per heavy atom. The molecule has 0 fully saturated rings. The molecule has 0 saturated heterocycles. The zero-order valence-electron chi connectivity index (χ0n) is 9.50. The van der Waals surface area contributed by atoms with Crippen LogP contribution in [0.25, 0.3) is 6.08 Å². The molecule has 0 amide bonds. The molecule has 0 aromatic heterocycles. The van der Waals surface area contributed by atoms with E-state index < -0.39 is 11.8 Å². The smallest absolute Gasteiger partial charge is 0.442 e. The molecule has 0 saturated carbocycles. The van der Waals surface area contributed by atoms with Crippen LogP contribution in [-0.4, -0.2) is 13.3 Å². The minimum Gasteiger partial charge on any atom is -0.496 e. The molecular weight excluding hydrogens is 440 g/mol.